The fourth-order valence-electron chi connectivity index (χ4n) is 6.25. The van der Waals surface area contributed by atoms with Crippen LogP contribution < -0.4 is 0 Å². The van der Waals surface area contributed by atoms with Crippen LogP contribution in [0, 0.1) is 5.92 Å². The van der Waals surface area contributed by atoms with Gasteiger partial charge in [-0.25, -0.2) is 0 Å². The van der Waals surface area contributed by atoms with Gasteiger partial charge >= 0.3 is 5.97 Å². The van der Waals surface area contributed by atoms with E-state index in [-0.39, 0.29) is 0 Å². The highest BCUT2D eigenvalue weighted by Crippen LogP contribution is 2.31. The Morgan fingerprint density at radius 1 is 1.03 bits per heavy atom. The molecule has 0 radical (unpaired) electrons. The van der Waals surface area contributed by atoms with Gasteiger partial charge in [-0.2, -0.15) is 0 Å². The van der Waals surface area contributed by atoms with Crippen LogP contribution in [0.2, 0.25) is 5.02 Å². The molecule has 2 saturated heterocycles. The predicted molar refractivity (Wildman–Crippen MR) is 135 cm³/mol. The summed E-state index contributed by atoms with van der Waals surface area (Å²) in [7, 11) is 0. The van der Waals surface area contributed by atoms with E-state index in [0.29, 0.717) is 11.1 Å². The predicted octanol–water partition coefficient (Wildman–Crippen LogP) is 5.16. The standard InChI is InChI=1S/C28H36ClN3O2/c29-23-6-3-5-22(19-23)27(28(33)34)32-16-12-25(13-17-32)31-14-10-20(11-15-31)18-24-9-8-21-4-1-2-7-26(21)30-24/h3,5-6,8-9,19-20,25,27H,1-2,4,7,10-18H2,(H,33,34). The lowest BCUT2D eigenvalue weighted by Gasteiger charge is -2.43. The van der Waals surface area contributed by atoms with Gasteiger partial charge in [-0.1, -0.05) is 29.8 Å². The van der Waals surface area contributed by atoms with Crippen molar-refractivity contribution in [2.75, 3.05) is 26.2 Å². The molecule has 1 atom stereocenters. The summed E-state index contributed by atoms with van der Waals surface area (Å²) in [5, 5.41) is 10.5. The van der Waals surface area contributed by atoms with E-state index in [1.165, 1.54) is 49.1 Å². The minimum absolute atomic E-state index is 0.563. The molecule has 1 aromatic heterocycles. The number of hydrogen-bond acceptors (Lipinski definition) is 4. The first kappa shape index (κ1) is 23.8. The van der Waals surface area contributed by atoms with Crippen molar-refractivity contribution in [2.24, 2.45) is 5.92 Å². The van der Waals surface area contributed by atoms with Gasteiger partial charge in [-0.05, 0) is 106 Å². The number of carboxylic acid groups (broad SMARTS) is 1. The van der Waals surface area contributed by atoms with E-state index >= 15 is 0 Å². The van der Waals surface area contributed by atoms with E-state index in [1.807, 2.05) is 12.1 Å². The van der Waals surface area contributed by atoms with Crippen LogP contribution in [0.4, 0.5) is 0 Å². The van der Waals surface area contributed by atoms with Gasteiger partial charge in [-0.3, -0.25) is 14.7 Å². The molecule has 6 heteroatoms. The Morgan fingerprint density at radius 2 is 1.79 bits per heavy atom. The molecule has 0 saturated carbocycles. The average Bonchev–Trinajstić information content (AvgIpc) is 2.85. The number of piperidine rings is 2. The Bertz CT molecular complexity index is 997. The van der Waals surface area contributed by atoms with E-state index in [0.717, 1.165) is 63.3 Å². The zero-order valence-corrected chi connectivity index (χ0v) is 20.7. The van der Waals surface area contributed by atoms with E-state index in [9.17, 15) is 9.90 Å². The number of aromatic nitrogens is 1. The molecule has 34 heavy (non-hydrogen) atoms. The van der Waals surface area contributed by atoms with Gasteiger partial charge in [-0.15, -0.1) is 0 Å². The second kappa shape index (κ2) is 10.8. The van der Waals surface area contributed by atoms with Gasteiger partial charge in [0.15, 0.2) is 0 Å². The van der Waals surface area contributed by atoms with Crippen molar-refractivity contribution in [1.29, 1.82) is 0 Å². The van der Waals surface area contributed by atoms with Crippen molar-refractivity contribution in [3.63, 3.8) is 0 Å². The van der Waals surface area contributed by atoms with Gasteiger partial charge in [0.25, 0.3) is 0 Å². The molecular formula is C28H36ClN3O2. The molecule has 2 fully saturated rings. The third kappa shape index (κ3) is 5.48. The molecule has 3 aliphatic rings. The number of halogens is 1. The molecule has 0 spiro atoms. The van der Waals surface area contributed by atoms with Crippen molar-refractivity contribution in [2.45, 2.75) is 69.9 Å². The van der Waals surface area contributed by atoms with Crippen LogP contribution >= 0.6 is 11.6 Å². The lowest BCUT2D eigenvalue weighted by atomic mass is 9.89. The number of aryl methyl sites for hydroxylation is 2. The first-order valence-electron chi connectivity index (χ1n) is 13.0. The Hall–Kier alpha value is -1.95. The van der Waals surface area contributed by atoms with Gasteiger partial charge in [0.1, 0.15) is 6.04 Å². The SMILES string of the molecule is O=C(O)C(c1cccc(Cl)c1)N1CCC(N2CCC(Cc3ccc4c(n3)CCCC4)CC2)CC1. The van der Waals surface area contributed by atoms with E-state index in [4.69, 9.17) is 16.6 Å². The summed E-state index contributed by atoms with van der Waals surface area (Å²) >= 11 is 6.13. The highest BCUT2D eigenvalue weighted by molar-refractivity contribution is 6.30. The second-order valence-corrected chi connectivity index (χ2v) is 10.8. The maximum absolute atomic E-state index is 12.1. The smallest absolute Gasteiger partial charge is 0.325 e. The molecule has 5 nitrogen and oxygen atoms in total. The normalized spacial score (nSPS) is 21.8. The number of likely N-dealkylation sites (tertiary alicyclic amines) is 2. The number of fused-ring (bicyclic) bond motifs is 1. The summed E-state index contributed by atoms with van der Waals surface area (Å²) in [4.78, 5) is 21.8. The maximum Gasteiger partial charge on any atom is 0.325 e. The monoisotopic (exact) mass is 481 g/mol. The second-order valence-electron chi connectivity index (χ2n) is 10.4. The van der Waals surface area contributed by atoms with Crippen LogP contribution in [-0.2, 0) is 24.1 Å². The molecule has 1 unspecified atom stereocenters. The molecule has 0 bridgehead atoms. The highest BCUT2D eigenvalue weighted by Gasteiger charge is 2.34. The summed E-state index contributed by atoms with van der Waals surface area (Å²) in [5.41, 5.74) is 4.88. The lowest BCUT2D eigenvalue weighted by Crippen LogP contribution is -2.49. The van der Waals surface area contributed by atoms with Crippen molar-refractivity contribution in [1.82, 2.24) is 14.8 Å². The number of nitrogens with zero attached hydrogens (tertiary/aromatic N) is 3. The summed E-state index contributed by atoms with van der Waals surface area (Å²) in [6.45, 7) is 3.92. The average molecular weight is 482 g/mol. The van der Waals surface area contributed by atoms with E-state index in [1.54, 1.807) is 12.1 Å². The van der Waals surface area contributed by atoms with Gasteiger partial charge in [0, 0.05) is 35.5 Å². The van der Waals surface area contributed by atoms with Crippen LogP contribution in [0.25, 0.3) is 0 Å². The summed E-state index contributed by atoms with van der Waals surface area (Å²) in [6.07, 6.45) is 10.6. The molecule has 1 aromatic carbocycles. The molecule has 1 N–H and O–H groups in total. The number of carbonyl (C=O) groups is 1. The summed E-state index contributed by atoms with van der Waals surface area (Å²) < 4.78 is 0. The van der Waals surface area contributed by atoms with Crippen molar-refractivity contribution < 1.29 is 9.90 Å². The van der Waals surface area contributed by atoms with Crippen molar-refractivity contribution >= 4 is 17.6 Å². The third-order valence-corrected chi connectivity index (χ3v) is 8.40. The first-order valence-corrected chi connectivity index (χ1v) is 13.4. The molecule has 2 aromatic rings. The number of carboxylic acids is 1. The fraction of sp³-hybridized carbons (Fsp3) is 0.571. The quantitative estimate of drug-likeness (QED) is 0.617. The summed E-state index contributed by atoms with van der Waals surface area (Å²) in [6, 6.07) is 11.8. The Balaban J connectivity index is 1.12. The number of aliphatic carboxylic acids is 1. The van der Waals surface area contributed by atoms with Crippen LogP contribution in [-0.4, -0.2) is 58.1 Å². The molecule has 0 amide bonds. The molecule has 1 aliphatic carbocycles. The molecule has 182 valence electrons. The van der Waals surface area contributed by atoms with E-state index in [2.05, 4.69) is 21.9 Å². The number of rotatable bonds is 6. The summed E-state index contributed by atoms with van der Waals surface area (Å²) in [5.74, 6) is -0.0676. The molecule has 5 rings (SSSR count). The zero-order chi connectivity index (χ0) is 23.5. The van der Waals surface area contributed by atoms with Gasteiger partial charge < -0.3 is 10.0 Å². The molecule has 3 heterocycles. The van der Waals surface area contributed by atoms with Crippen molar-refractivity contribution in [3.05, 3.63) is 63.9 Å². The molecule has 2 aliphatic heterocycles. The van der Waals surface area contributed by atoms with Gasteiger partial charge in [0.2, 0.25) is 0 Å². The highest BCUT2D eigenvalue weighted by atomic mass is 35.5. The molecular weight excluding hydrogens is 446 g/mol. The van der Waals surface area contributed by atoms with Crippen LogP contribution in [0.1, 0.15) is 67.1 Å². The van der Waals surface area contributed by atoms with Crippen LogP contribution in [0.5, 0.6) is 0 Å². The topological polar surface area (TPSA) is 56.7 Å². The maximum atomic E-state index is 12.1. The lowest BCUT2D eigenvalue weighted by molar-refractivity contribution is -0.144. The van der Waals surface area contributed by atoms with Crippen molar-refractivity contribution in [3.8, 4) is 0 Å². The Kier molecular flexibility index (Phi) is 7.52. The van der Waals surface area contributed by atoms with E-state index < -0.39 is 12.0 Å². The number of benzene rings is 1. The number of hydrogen-bond donors (Lipinski definition) is 1. The first-order chi connectivity index (χ1) is 16.6. The van der Waals surface area contributed by atoms with Crippen LogP contribution in [0.15, 0.2) is 36.4 Å². The van der Waals surface area contributed by atoms with Crippen LogP contribution in [0.3, 0.4) is 0 Å². The minimum Gasteiger partial charge on any atom is -0.480 e. The largest absolute Gasteiger partial charge is 0.480 e. The third-order valence-electron chi connectivity index (χ3n) is 8.16. The fourth-order valence-corrected chi connectivity index (χ4v) is 6.45. The Morgan fingerprint density at radius 3 is 2.53 bits per heavy atom. The Labute approximate surface area is 208 Å². The number of pyridine rings is 1. The van der Waals surface area contributed by atoms with Gasteiger partial charge in [0.05, 0.1) is 0 Å². The zero-order valence-electron chi connectivity index (χ0n) is 20.0. The minimum atomic E-state index is -0.794.